The number of hydrogen-bond acceptors (Lipinski definition) is 7. The van der Waals surface area contributed by atoms with Gasteiger partial charge in [0.15, 0.2) is 0 Å². The maximum absolute atomic E-state index is 12.9. The van der Waals surface area contributed by atoms with Crippen LogP contribution in [0.1, 0.15) is 50.8 Å². The number of benzene rings is 1. The summed E-state index contributed by atoms with van der Waals surface area (Å²) in [4.78, 5) is 34.0. The Balaban J connectivity index is 1.89. The van der Waals surface area contributed by atoms with Gasteiger partial charge in [-0.2, -0.15) is 0 Å². The molecule has 1 aromatic carbocycles. The van der Waals surface area contributed by atoms with E-state index in [9.17, 15) is 9.59 Å². The number of amides is 1. The number of anilines is 1. The Morgan fingerprint density at radius 1 is 1.29 bits per heavy atom. The molecule has 9 heteroatoms. The molecule has 0 radical (unpaired) electrons. The molecule has 186 valence electrons. The molecule has 0 bridgehead atoms. The third-order valence-electron chi connectivity index (χ3n) is 6.30. The van der Waals surface area contributed by atoms with Crippen LogP contribution in [0.4, 0.5) is 5.69 Å². The number of H-pyrrole nitrogens is 1. The van der Waals surface area contributed by atoms with E-state index < -0.39 is 0 Å². The van der Waals surface area contributed by atoms with Crippen molar-refractivity contribution in [3.63, 3.8) is 0 Å². The predicted molar refractivity (Wildman–Crippen MR) is 135 cm³/mol. The largest absolute Gasteiger partial charge is 0.493 e. The van der Waals surface area contributed by atoms with Crippen molar-refractivity contribution < 1.29 is 9.53 Å². The van der Waals surface area contributed by atoms with Crippen LogP contribution in [0, 0.1) is 5.92 Å². The highest BCUT2D eigenvalue weighted by molar-refractivity contribution is 5.75. The van der Waals surface area contributed by atoms with Crippen LogP contribution in [0.15, 0.2) is 23.0 Å². The quantitative estimate of drug-likeness (QED) is 0.339. The van der Waals surface area contributed by atoms with E-state index in [4.69, 9.17) is 21.3 Å². The molecular formula is C25H38N6O3. The van der Waals surface area contributed by atoms with Gasteiger partial charge in [-0.15, -0.1) is 0 Å². The van der Waals surface area contributed by atoms with Gasteiger partial charge < -0.3 is 20.5 Å². The Kier molecular flexibility index (Phi) is 9.06. The van der Waals surface area contributed by atoms with Gasteiger partial charge in [-0.05, 0) is 75.7 Å². The smallest absolute Gasteiger partial charge is 0.276 e. The first-order valence-corrected chi connectivity index (χ1v) is 12.2. The number of nitrogens with two attached hydrogens (primary N) is 2. The van der Waals surface area contributed by atoms with Gasteiger partial charge in [0.2, 0.25) is 5.91 Å². The molecule has 0 unspecified atom stereocenters. The van der Waals surface area contributed by atoms with Gasteiger partial charge in [0, 0.05) is 7.05 Å². The van der Waals surface area contributed by atoms with E-state index in [1.54, 1.807) is 7.05 Å². The van der Waals surface area contributed by atoms with Crippen molar-refractivity contribution in [3.05, 3.63) is 39.8 Å². The van der Waals surface area contributed by atoms with Gasteiger partial charge in [-0.3, -0.25) is 14.5 Å². The number of ether oxygens (including phenoxy) is 1. The van der Waals surface area contributed by atoms with E-state index in [2.05, 4.69) is 28.9 Å². The minimum Gasteiger partial charge on any atom is -0.493 e. The summed E-state index contributed by atoms with van der Waals surface area (Å²) in [5, 5.41) is 1.34. The highest BCUT2D eigenvalue weighted by atomic mass is 16.5. The monoisotopic (exact) mass is 470 g/mol. The molecule has 5 N–H and O–H groups in total. The number of piperidine rings is 1. The van der Waals surface area contributed by atoms with Crippen LogP contribution >= 0.6 is 0 Å². The first kappa shape index (κ1) is 25.7. The van der Waals surface area contributed by atoms with Crippen LogP contribution in [0.5, 0.6) is 5.75 Å². The molecule has 9 nitrogen and oxygen atoms in total. The van der Waals surface area contributed by atoms with Gasteiger partial charge in [0.05, 0.1) is 24.4 Å². The van der Waals surface area contributed by atoms with E-state index in [0.29, 0.717) is 48.4 Å². The van der Waals surface area contributed by atoms with E-state index >= 15 is 0 Å². The van der Waals surface area contributed by atoms with Crippen molar-refractivity contribution in [1.82, 2.24) is 14.9 Å². The van der Waals surface area contributed by atoms with Gasteiger partial charge in [-0.1, -0.05) is 19.4 Å². The maximum atomic E-state index is 12.9. The van der Waals surface area contributed by atoms with E-state index in [-0.39, 0.29) is 11.5 Å². The number of hydrazine groups is 1. The van der Waals surface area contributed by atoms with Crippen molar-refractivity contribution in [2.75, 3.05) is 38.3 Å². The fourth-order valence-corrected chi connectivity index (χ4v) is 4.60. The lowest BCUT2D eigenvalue weighted by Crippen LogP contribution is -2.39. The van der Waals surface area contributed by atoms with Crippen molar-refractivity contribution in [1.29, 1.82) is 0 Å². The molecule has 0 aliphatic carbocycles. The number of carbonyl (C=O) groups is 1. The molecule has 34 heavy (non-hydrogen) atoms. The molecule has 0 atom stereocenters. The number of aromatic nitrogens is 2. The zero-order valence-corrected chi connectivity index (χ0v) is 20.6. The van der Waals surface area contributed by atoms with Crippen LogP contribution in [0.25, 0.3) is 11.4 Å². The summed E-state index contributed by atoms with van der Waals surface area (Å²) >= 11 is 0. The predicted octanol–water partition coefficient (Wildman–Crippen LogP) is 2.23. The van der Waals surface area contributed by atoms with Crippen molar-refractivity contribution in [2.24, 2.45) is 17.5 Å². The molecule has 1 amide bonds. The number of aromatic amines is 1. The molecule has 2 heterocycles. The average Bonchev–Trinajstić information content (AvgIpc) is 2.79. The summed E-state index contributed by atoms with van der Waals surface area (Å²) < 4.78 is 5.88. The molecular weight excluding hydrogens is 432 g/mol. The fraction of sp³-hybridized carbons (Fsp3) is 0.560. The molecule has 1 saturated heterocycles. The Morgan fingerprint density at radius 2 is 2.03 bits per heavy atom. The summed E-state index contributed by atoms with van der Waals surface area (Å²) in [6.45, 7) is 6.64. The Hall–Kier alpha value is -2.91. The Morgan fingerprint density at radius 3 is 2.65 bits per heavy atom. The van der Waals surface area contributed by atoms with Crippen molar-refractivity contribution >= 4 is 11.6 Å². The maximum Gasteiger partial charge on any atom is 0.276 e. The Bertz CT molecular complexity index is 1030. The van der Waals surface area contributed by atoms with E-state index in [0.717, 1.165) is 50.8 Å². The zero-order valence-electron chi connectivity index (χ0n) is 20.6. The lowest BCUT2D eigenvalue weighted by Gasteiger charge is -2.31. The zero-order chi connectivity index (χ0) is 24.7. The highest BCUT2D eigenvalue weighted by Crippen LogP contribution is 2.31. The molecule has 1 aliphatic heterocycles. The number of primary amides is 1. The summed E-state index contributed by atoms with van der Waals surface area (Å²) in [6.07, 6.45) is 5.55. The summed E-state index contributed by atoms with van der Waals surface area (Å²) in [5.41, 5.74) is 8.13. The SMILES string of the molecule is CCCCc1nc(-c2cc(CC3CCN(CC(N)=O)CC3)ccc2OCC)[nH]c(=O)c1N(C)N. The highest BCUT2D eigenvalue weighted by Gasteiger charge is 2.22. The Labute approximate surface area is 201 Å². The molecule has 1 aliphatic rings. The van der Waals surface area contributed by atoms with Crippen molar-refractivity contribution in [3.8, 4) is 17.1 Å². The first-order valence-electron chi connectivity index (χ1n) is 12.2. The van der Waals surface area contributed by atoms with Gasteiger partial charge in [-0.25, -0.2) is 10.8 Å². The normalized spacial score (nSPS) is 14.8. The molecule has 1 fully saturated rings. The van der Waals surface area contributed by atoms with Crippen LogP contribution in [-0.2, 0) is 17.6 Å². The number of aryl methyl sites for hydroxylation is 1. The molecule has 0 saturated carbocycles. The molecule has 3 rings (SSSR count). The number of nitrogens with one attached hydrogen (secondary N) is 1. The summed E-state index contributed by atoms with van der Waals surface area (Å²) in [6, 6.07) is 6.13. The van der Waals surface area contributed by atoms with E-state index in [1.165, 1.54) is 10.6 Å². The molecule has 2 aromatic rings. The first-order chi connectivity index (χ1) is 16.3. The van der Waals surface area contributed by atoms with Crippen LogP contribution < -0.4 is 26.9 Å². The minimum atomic E-state index is -0.277. The molecule has 0 spiro atoms. The minimum absolute atomic E-state index is 0.254. The topological polar surface area (TPSA) is 131 Å². The number of nitrogens with zero attached hydrogens (tertiary/aromatic N) is 3. The lowest BCUT2D eigenvalue weighted by molar-refractivity contribution is -0.119. The fourth-order valence-electron chi connectivity index (χ4n) is 4.60. The average molecular weight is 471 g/mol. The number of carbonyl (C=O) groups excluding carboxylic acids is 1. The molecule has 1 aromatic heterocycles. The number of unbranched alkanes of at least 4 members (excludes halogenated alkanes) is 1. The van der Waals surface area contributed by atoms with Gasteiger partial charge in [0.1, 0.15) is 17.3 Å². The second kappa shape index (κ2) is 12.0. The van der Waals surface area contributed by atoms with Crippen molar-refractivity contribution in [2.45, 2.75) is 52.4 Å². The van der Waals surface area contributed by atoms with Crippen LogP contribution in [0.3, 0.4) is 0 Å². The van der Waals surface area contributed by atoms with Gasteiger partial charge >= 0.3 is 0 Å². The second-order valence-electron chi connectivity index (χ2n) is 9.08. The lowest BCUT2D eigenvalue weighted by atomic mass is 9.89. The van der Waals surface area contributed by atoms with Gasteiger partial charge in [0.25, 0.3) is 5.56 Å². The number of likely N-dealkylation sites (tertiary alicyclic amines) is 1. The van der Waals surface area contributed by atoms with Crippen LogP contribution in [-0.4, -0.2) is 54.1 Å². The second-order valence-corrected chi connectivity index (χ2v) is 9.08. The number of hydrogen-bond donors (Lipinski definition) is 3. The summed E-state index contributed by atoms with van der Waals surface area (Å²) in [5.74, 6) is 7.38. The summed E-state index contributed by atoms with van der Waals surface area (Å²) in [7, 11) is 1.66. The van der Waals surface area contributed by atoms with E-state index in [1.807, 2.05) is 13.0 Å². The number of rotatable bonds is 11. The third kappa shape index (κ3) is 6.57. The standard InChI is InChI=1S/C25H38N6O3/c1-4-6-7-20-23(30(3)27)25(33)29-24(28-20)19-15-18(8-9-21(19)34-5-2)14-17-10-12-31(13-11-17)16-22(26)32/h8-9,15,17H,4-7,10-14,16,27H2,1-3H3,(H2,26,32)(H,28,29,33). The van der Waals surface area contributed by atoms with Crippen LogP contribution in [0.2, 0.25) is 0 Å². The third-order valence-corrected chi connectivity index (χ3v) is 6.30.